The minimum absolute atomic E-state index is 0.0375. The van der Waals surface area contributed by atoms with Crippen molar-refractivity contribution in [1.82, 2.24) is 0 Å². The van der Waals surface area contributed by atoms with Gasteiger partial charge < -0.3 is 19.9 Å². The van der Waals surface area contributed by atoms with E-state index in [1.54, 1.807) is 18.2 Å². The van der Waals surface area contributed by atoms with E-state index in [2.05, 4.69) is 10.1 Å². The number of phenolic OH excluding ortho intramolecular Hbond substituents is 1. The van der Waals surface area contributed by atoms with E-state index in [4.69, 9.17) is 16.3 Å². The average molecular weight is 350 g/mol. The Kier molecular flexibility index (Phi) is 5.65. The third-order valence-corrected chi connectivity index (χ3v) is 3.64. The van der Waals surface area contributed by atoms with Gasteiger partial charge in [-0.2, -0.15) is 0 Å². The van der Waals surface area contributed by atoms with Crippen molar-refractivity contribution in [1.29, 1.82) is 0 Å². The summed E-state index contributed by atoms with van der Waals surface area (Å²) in [6.07, 6.45) is 0. The highest BCUT2D eigenvalue weighted by Crippen LogP contribution is 2.28. The molecule has 0 atom stereocenters. The van der Waals surface area contributed by atoms with Crippen molar-refractivity contribution in [2.45, 2.75) is 6.92 Å². The van der Waals surface area contributed by atoms with Crippen molar-refractivity contribution >= 4 is 29.2 Å². The summed E-state index contributed by atoms with van der Waals surface area (Å²) in [4.78, 5) is 23.5. The van der Waals surface area contributed by atoms with Crippen LogP contribution in [0.3, 0.4) is 0 Å². The number of para-hydroxylation sites is 1. The summed E-state index contributed by atoms with van der Waals surface area (Å²) in [6.45, 7) is 1.56. The molecule has 126 valence electrons. The minimum Gasteiger partial charge on any atom is -0.505 e. The highest BCUT2D eigenvalue weighted by Gasteiger charge is 2.16. The van der Waals surface area contributed by atoms with Crippen LogP contribution in [-0.2, 0) is 9.53 Å². The quantitative estimate of drug-likeness (QED) is 0.639. The molecule has 6 nitrogen and oxygen atoms in total. The Hall–Kier alpha value is -2.73. The number of esters is 1. The second kappa shape index (κ2) is 7.70. The molecule has 0 aromatic heterocycles. The van der Waals surface area contributed by atoms with Gasteiger partial charge in [0.05, 0.1) is 12.8 Å². The normalized spacial score (nSPS) is 10.1. The summed E-state index contributed by atoms with van der Waals surface area (Å²) in [7, 11) is 1.20. The predicted molar refractivity (Wildman–Crippen MR) is 89.8 cm³/mol. The van der Waals surface area contributed by atoms with Crippen LogP contribution >= 0.6 is 11.6 Å². The van der Waals surface area contributed by atoms with Crippen LogP contribution in [-0.4, -0.2) is 30.7 Å². The van der Waals surface area contributed by atoms with Gasteiger partial charge in [0.25, 0.3) is 5.91 Å². The molecule has 2 aromatic rings. The van der Waals surface area contributed by atoms with Crippen molar-refractivity contribution in [2.75, 3.05) is 19.0 Å². The maximum atomic E-state index is 12.0. The zero-order valence-corrected chi connectivity index (χ0v) is 13.9. The Labute approximate surface area is 144 Å². The number of ether oxygens (including phenoxy) is 2. The first-order chi connectivity index (χ1) is 11.4. The highest BCUT2D eigenvalue weighted by molar-refractivity contribution is 6.31. The van der Waals surface area contributed by atoms with Crippen molar-refractivity contribution in [3.8, 4) is 11.5 Å². The Balaban J connectivity index is 2.02. The number of halogens is 1. The van der Waals surface area contributed by atoms with Gasteiger partial charge in [0, 0.05) is 5.02 Å². The number of amides is 1. The van der Waals surface area contributed by atoms with E-state index in [1.807, 2.05) is 6.92 Å². The Morgan fingerprint density at radius 3 is 2.67 bits per heavy atom. The third kappa shape index (κ3) is 4.17. The van der Waals surface area contributed by atoms with Gasteiger partial charge in [-0.05, 0) is 42.8 Å². The number of aryl methyl sites for hydroxylation is 1. The van der Waals surface area contributed by atoms with Gasteiger partial charge in [-0.1, -0.05) is 17.7 Å². The van der Waals surface area contributed by atoms with Gasteiger partial charge in [0.1, 0.15) is 11.3 Å². The largest absolute Gasteiger partial charge is 0.505 e. The fraction of sp³-hybridized carbons (Fsp3) is 0.176. The molecule has 0 heterocycles. The lowest BCUT2D eigenvalue weighted by atomic mass is 10.1. The van der Waals surface area contributed by atoms with Gasteiger partial charge in [-0.3, -0.25) is 4.79 Å². The monoisotopic (exact) mass is 349 g/mol. The predicted octanol–water partition coefficient (Wildman–Crippen LogP) is 3.16. The lowest BCUT2D eigenvalue weighted by Crippen LogP contribution is -2.20. The number of phenols is 1. The van der Waals surface area contributed by atoms with Crippen molar-refractivity contribution in [2.24, 2.45) is 0 Å². The van der Waals surface area contributed by atoms with Gasteiger partial charge in [-0.25, -0.2) is 4.79 Å². The molecule has 2 rings (SSSR count). The smallest absolute Gasteiger partial charge is 0.341 e. The van der Waals surface area contributed by atoms with Gasteiger partial charge in [-0.15, -0.1) is 0 Å². The summed E-state index contributed by atoms with van der Waals surface area (Å²) < 4.78 is 9.93. The van der Waals surface area contributed by atoms with E-state index >= 15 is 0 Å². The number of carbonyl (C=O) groups excluding carboxylic acids is 2. The van der Waals surface area contributed by atoms with Crippen molar-refractivity contribution in [3.05, 3.63) is 52.5 Å². The number of nitrogens with one attached hydrogen (secondary N) is 1. The topological polar surface area (TPSA) is 84.9 Å². The average Bonchev–Trinajstić information content (AvgIpc) is 2.57. The summed E-state index contributed by atoms with van der Waals surface area (Å²) >= 11 is 5.92. The molecule has 1 amide bonds. The molecule has 0 fully saturated rings. The fourth-order valence-electron chi connectivity index (χ4n) is 1.96. The highest BCUT2D eigenvalue weighted by atomic mass is 35.5. The Morgan fingerprint density at radius 1 is 1.25 bits per heavy atom. The van der Waals surface area contributed by atoms with E-state index in [1.165, 1.54) is 25.3 Å². The second-order valence-corrected chi connectivity index (χ2v) is 5.35. The lowest BCUT2D eigenvalue weighted by molar-refractivity contribution is -0.118. The van der Waals surface area contributed by atoms with E-state index in [-0.39, 0.29) is 23.6 Å². The first-order valence-electron chi connectivity index (χ1n) is 7.01. The van der Waals surface area contributed by atoms with Crippen LogP contribution < -0.4 is 10.1 Å². The summed E-state index contributed by atoms with van der Waals surface area (Å²) in [5, 5.41) is 13.1. The van der Waals surface area contributed by atoms with E-state index in [9.17, 15) is 14.7 Å². The lowest BCUT2D eigenvalue weighted by Gasteiger charge is -2.11. The third-order valence-electron chi connectivity index (χ3n) is 3.21. The number of aromatic hydroxyl groups is 1. The van der Waals surface area contributed by atoms with Crippen molar-refractivity contribution < 1.29 is 24.2 Å². The molecule has 2 aromatic carbocycles. The first-order valence-corrected chi connectivity index (χ1v) is 7.39. The van der Waals surface area contributed by atoms with Crippen LogP contribution in [0.2, 0.25) is 5.02 Å². The fourth-order valence-corrected chi connectivity index (χ4v) is 2.08. The number of anilines is 1. The van der Waals surface area contributed by atoms with E-state index in [0.717, 1.165) is 5.56 Å². The second-order valence-electron chi connectivity index (χ2n) is 4.94. The molecule has 0 bridgehead atoms. The molecular formula is C17H16ClNO5. The molecule has 0 aliphatic heterocycles. The molecule has 7 heteroatoms. The van der Waals surface area contributed by atoms with E-state index in [0.29, 0.717) is 10.8 Å². The summed E-state index contributed by atoms with van der Waals surface area (Å²) in [6, 6.07) is 9.42. The van der Waals surface area contributed by atoms with Crippen LogP contribution in [0, 0.1) is 6.92 Å². The molecule has 0 unspecified atom stereocenters. The summed E-state index contributed by atoms with van der Waals surface area (Å²) in [5.74, 6) is -1.05. The maximum Gasteiger partial charge on any atom is 0.341 e. The van der Waals surface area contributed by atoms with Crippen LogP contribution in [0.25, 0.3) is 0 Å². The molecule has 0 aliphatic carbocycles. The van der Waals surface area contributed by atoms with Crippen LogP contribution in [0.5, 0.6) is 11.5 Å². The number of methoxy groups -OCH3 is 1. The zero-order valence-electron chi connectivity index (χ0n) is 13.1. The number of hydrogen-bond acceptors (Lipinski definition) is 5. The maximum absolute atomic E-state index is 12.0. The van der Waals surface area contributed by atoms with Crippen LogP contribution in [0.15, 0.2) is 36.4 Å². The van der Waals surface area contributed by atoms with E-state index < -0.39 is 11.9 Å². The molecule has 0 aliphatic rings. The van der Waals surface area contributed by atoms with Gasteiger partial charge in [0.2, 0.25) is 0 Å². The summed E-state index contributed by atoms with van der Waals surface area (Å²) in [5.41, 5.74) is 0.890. The molecule has 2 N–H and O–H groups in total. The number of carbonyl (C=O) groups is 2. The SMILES string of the molecule is COC(=O)c1cccc(NC(=O)COc2ccc(Cl)c(C)c2)c1O. The standard InChI is InChI=1S/C17H16ClNO5/c1-10-8-11(6-7-13(10)18)24-9-15(20)19-14-5-3-4-12(16(14)21)17(22)23-2/h3-8,21H,9H2,1-2H3,(H,19,20). The number of rotatable bonds is 5. The molecule has 0 saturated heterocycles. The molecule has 0 radical (unpaired) electrons. The van der Waals surface area contributed by atoms with Crippen molar-refractivity contribution in [3.63, 3.8) is 0 Å². The minimum atomic E-state index is -0.698. The zero-order chi connectivity index (χ0) is 17.7. The van der Waals surface area contributed by atoms with Gasteiger partial charge >= 0.3 is 5.97 Å². The molecule has 0 spiro atoms. The van der Waals surface area contributed by atoms with Crippen LogP contribution in [0.1, 0.15) is 15.9 Å². The molecule has 0 saturated carbocycles. The number of benzene rings is 2. The molecule has 24 heavy (non-hydrogen) atoms. The Bertz CT molecular complexity index is 776. The Morgan fingerprint density at radius 2 is 2.00 bits per heavy atom. The first kappa shape index (κ1) is 17.6. The molecular weight excluding hydrogens is 334 g/mol. The van der Waals surface area contributed by atoms with Crippen LogP contribution in [0.4, 0.5) is 5.69 Å². The van der Waals surface area contributed by atoms with Gasteiger partial charge in [0.15, 0.2) is 12.4 Å². The number of hydrogen-bond donors (Lipinski definition) is 2.